The SMILES string of the molecule is N#CC1=C(NC(=O)CCl)c2ccccc2CC12CCCCC2. The van der Waals surface area contributed by atoms with Crippen molar-refractivity contribution in [2.24, 2.45) is 5.41 Å². The Kier molecular flexibility index (Phi) is 4.22. The van der Waals surface area contributed by atoms with Crippen molar-refractivity contribution in [2.75, 3.05) is 5.88 Å². The molecule has 3 rings (SSSR count). The van der Waals surface area contributed by atoms with Gasteiger partial charge < -0.3 is 5.32 Å². The molecule has 0 radical (unpaired) electrons. The maximum atomic E-state index is 11.8. The van der Waals surface area contributed by atoms with Crippen molar-refractivity contribution in [3.8, 4) is 6.07 Å². The Bertz CT molecular complexity index is 666. The lowest BCUT2D eigenvalue weighted by Crippen LogP contribution is -2.36. The minimum absolute atomic E-state index is 0.0998. The number of carbonyl (C=O) groups excluding carboxylic acids is 1. The summed E-state index contributed by atoms with van der Waals surface area (Å²) in [4.78, 5) is 11.8. The molecule has 114 valence electrons. The van der Waals surface area contributed by atoms with Crippen molar-refractivity contribution in [3.63, 3.8) is 0 Å². The molecule has 2 aliphatic carbocycles. The van der Waals surface area contributed by atoms with Gasteiger partial charge in [-0.1, -0.05) is 43.5 Å². The quantitative estimate of drug-likeness (QED) is 0.844. The van der Waals surface area contributed by atoms with Crippen LogP contribution in [0.15, 0.2) is 29.8 Å². The molecule has 1 spiro atoms. The first-order chi connectivity index (χ1) is 10.7. The van der Waals surface area contributed by atoms with Crippen LogP contribution >= 0.6 is 11.6 Å². The molecule has 1 aromatic carbocycles. The summed E-state index contributed by atoms with van der Waals surface area (Å²) in [5.74, 6) is -0.357. The fraction of sp³-hybridized carbons (Fsp3) is 0.444. The summed E-state index contributed by atoms with van der Waals surface area (Å²) in [5.41, 5.74) is 3.49. The zero-order chi connectivity index (χ0) is 15.6. The molecular formula is C18H19ClN2O. The van der Waals surface area contributed by atoms with E-state index in [1.807, 2.05) is 18.2 Å². The number of halogens is 1. The highest BCUT2D eigenvalue weighted by Gasteiger charge is 2.42. The van der Waals surface area contributed by atoms with Crippen LogP contribution in [0.1, 0.15) is 43.2 Å². The molecule has 0 saturated heterocycles. The monoisotopic (exact) mass is 314 g/mol. The van der Waals surface area contributed by atoms with E-state index in [0.717, 1.165) is 43.2 Å². The molecular weight excluding hydrogens is 296 g/mol. The van der Waals surface area contributed by atoms with Crippen LogP contribution in [0.5, 0.6) is 0 Å². The fourth-order valence-electron chi connectivity index (χ4n) is 3.90. The smallest absolute Gasteiger partial charge is 0.239 e. The van der Waals surface area contributed by atoms with Gasteiger partial charge in [0.15, 0.2) is 0 Å². The normalized spacial score (nSPS) is 19.5. The molecule has 1 N–H and O–H groups in total. The van der Waals surface area contributed by atoms with Crippen LogP contribution in [0.4, 0.5) is 0 Å². The molecule has 2 aliphatic rings. The van der Waals surface area contributed by atoms with Gasteiger partial charge in [0, 0.05) is 11.0 Å². The van der Waals surface area contributed by atoms with Crippen LogP contribution in [0, 0.1) is 16.7 Å². The van der Waals surface area contributed by atoms with E-state index >= 15 is 0 Å². The molecule has 4 heteroatoms. The van der Waals surface area contributed by atoms with Gasteiger partial charge in [0.25, 0.3) is 0 Å². The summed E-state index contributed by atoms with van der Waals surface area (Å²) in [6, 6.07) is 10.5. The van der Waals surface area contributed by atoms with Gasteiger partial charge in [0.05, 0.1) is 17.3 Å². The fourth-order valence-corrected chi connectivity index (χ4v) is 3.97. The number of hydrogen-bond donors (Lipinski definition) is 1. The molecule has 0 bridgehead atoms. The van der Waals surface area contributed by atoms with Crippen molar-refractivity contribution in [3.05, 3.63) is 41.0 Å². The van der Waals surface area contributed by atoms with Crippen LogP contribution < -0.4 is 5.32 Å². The van der Waals surface area contributed by atoms with Crippen LogP contribution in [0.2, 0.25) is 0 Å². The highest BCUT2D eigenvalue weighted by atomic mass is 35.5. The van der Waals surface area contributed by atoms with Crippen LogP contribution in [-0.4, -0.2) is 11.8 Å². The van der Waals surface area contributed by atoms with E-state index in [0.29, 0.717) is 5.70 Å². The molecule has 0 heterocycles. The van der Waals surface area contributed by atoms with Gasteiger partial charge >= 0.3 is 0 Å². The molecule has 1 amide bonds. The highest BCUT2D eigenvalue weighted by Crippen LogP contribution is 2.50. The number of nitrogens with one attached hydrogen (secondary N) is 1. The molecule has 1 saturated carbocycles. The molecule has 0 aromatic heterocycles. The minimum atomic E-state index is -0.257. The second kappa shape index (κ2) is 6.14. The predicted molar refractivity (Wildman–Crippen MR) is 87.1 cm³/mol. The van der Waals surface area contributed by atoms with Gasteiger partial charge in [-0.25, -0.2) is 0 Å². The van der Waals surface area contributed by atoms with E-state index < -0.39 is 0 Å². The van der Waals surface area contributed by atoms with Gasteiger partial charge in [-0.3, -0.25) is 4.79 Å². The first-order valence-electron chi connectivity index (χ1n) is 7.79. The first kappa shape index (κ1) is 15.1. The van der Waals surface area contributed by atoms with E-state index in [1.165, 1.54) is 12.0 Å². The number of benzene rings is 1. The number of amides is 1. The van der Waals surface area contributed by atoms with E-state index in [1.54, 1.807) is 0 Å². The molecule has 22 heavy (non-hydrogen) atoms. The van der Waals surface area contributed by atoms with Crippen LogP contribution in [0.25, 0.3) is 5.70 Å². The molecule has 0 aliphatic heterocycles. The van der Waals surface area contributed by atoms with Crippen molar-refractivity contribution in [1.29, 1.82) is 5.26 Å². The van der Waals surface area contributed by atoms with Gasteiger partial charge in [0.1, 0.15) is 5.88 Å². The summed E-state index contributed by atoms with van der Waals surface area (Å²) in [6.45, 7) is 0. The zero-order valence-corrected chi connectivity index (χ0v) is 13.2. The largest absolute Gasteiger partial charge is 0.324 e. The number of rotatable bonds is 2. The lowest BCUT2D eigenvalue weighted by atomic mass is 9.62. The van der Waals surface area contributed by atoms with Gasteiger partial charge in [-0.15, -0.1) is 11.6 Å². The van der Waals surface area contributed by atoms with Gasteiger partial charge in [0.2, 0.25) is 5.91 Å². The van der Waals surface area contributed by atoms with E-state index in [9.17, 15) is 10.1 Å². The third kappa shape index (κ3) is 2.53. The minimum Gasteiger partial charge on any atom is -0.324 e. The maximum absolute atomic E-state index is 11.8. The Morgan fingerprint density at radius 2 is 2.00 bits per heavy atom. The number of fused-ring (bicyclic) bond motifs is 1. The number of nitrogens with zero attached hydrogens (tertiary/aromatic N) is 1. The number of nitriles is 1. The average molecular weight is 315 g/mol. The second-order valence-electron chi connectivity index (χ2n) is 6.22. The van der Waals surface area contributed by atoms with Crippen molar-refractivity contribution < 1.29 is 4.79 Å². The average Bonchev–Trinajstić information content (AvgIpc) is 2.55. The number of alkyl halides is 1. The molecule has 3 nitrogen and oxygen atoms in total. The summed E-state index contributed by atoms with van der Waals surface area (Å²) in [5, 5.41) is 12.7. The van der Waals surface area contributed by atoms with Crippen LogP contribution in [-0.2, 0) is 11.2 Å². The van der Waals surface area contributed by atoms with Crippen molar-refractivity contribution >= 4 is 23.2 Å². The standard InChI is InChI=1S/C18H19ClN2O/c19-11-16(22)21-17-14-7-3-2-6-13(14)10-18(15(17)12-20)8-4-1-5-9-18/h2-3,6-7H,1,4-5,8-11H2,(H,21,22). The topological polar surface area (TPSA) is 52.9 Å². The second-order valence-corrected chi connectivity index (χ2v) is 6.49. The van der Waals surface area contributed by atoms with Crippen molar-refractivity contribution in [1.82, 2.24) is 5.32 Å². The molecule has 0 unspecified atom stereocenters. The lowest BCUT2D eigenvalue weighted by Gasteiger charge is -2.41. The lowest BCUT2D eigenvalue weighted by molar-refractivity contribution is -0.117. The molecule has 0 atom stereocenters. The molecule has 1 aromatic rings. The Morgan fingerprint density at radius 1 is 1.27 bits per heavy atom. The summed E-state index contributed by atoms with van der Waals surface area (Å²) in [7, 11) is 0. The van der Waals surface area contributed by atoms with E-state index in [2.05, 4.69) is 17.5 Å². The number of hydrogen-bond acceptors (Lipinski definition) is 2. The van der Waals surface area contributed by atoms with E-state index in [4.69, 9.17) is 11.6 Å². The Labute approximate surface area is 136 Å². The maximum Gasteiger partial charge on any atom is 0.239 e. The van der Waals surface area contributed by atoms with Crippen molar-refractivity contribution in [2.45, 2.75) is 38.5 Å². The van der Waals surface area contributed by atoms with Crippen LogP contribution in [0.3, 0.4) is 0 Å². The van der Waals surface area contributed by atoms with Gasteiger partial charge in [-0.2, -0.15) is 5.26 Å². The summed E-state index contributed by atoms with van der Waals surface area (Å²) < 4.78 is 0. The predicted octanol–water partition coefficient (Wildman–Crippen LogP) is 3.78. The Balaban J connectivity index is 2.15. The molecule has 1 fully saturated rings. The Hall–Kier alpha value is -1.79. The number of allylic oxidation sites excluding steroid dienone is 1. The summed E-state index contributed by atoms with van der Waals surface area (Å²) >= 11 is 5.65. The zero-order valence-electron chi connectivity index (χ0n) is 12.5. The number of carbonyl (C=O) groups is 1. The third-order valence-electron chi connectivity index (χ3n) is 4.90. The highest BCUT2D eigenvalue weighted by molar-refractivity contribution is 6.27. The van der Waals surface area contributed by atoms with Gasteiger partial charge in [-0.05, 0) is 24.8 Å². The summed E-state index contributed by atoms with van der Waals surface area (Å²) in [6.07, 6.45) is 6.45. The first-order valence-corrected chi connectivity index (χ1v) is 8.32. The van der Waals surface area contributed by atoms with E-state index in [-0.39, 0.29) is 17.2 Å². The Morgan fingerprint density at radius 3 is 2.68 bits per heavy atom. The third-order valence-corrected chi connectivity index (χ3v) is 5.15.